The largest absolute Gasteiger partial charge is 0.481 e. The molecular formula is C12H16N2O5S. The van der Waals surface area contributed by atoms with Crippen LogP contribution in [0.15, 0.2) is 12.1 Å². The van der Waals surface area contributed by atoms with E-state index in [1.54, 1.807) is 20.8 Å². The van der Waals surface area contributed by atoms with Crippen molar-refractivity contribution < 1.29 is 19.6 Å². The normalized spacial score (nSPS) is 13.8. The Balaban J connectivity index is 2.90. The summed E-state index contributed by atoms with van der Waals surface area (Å²) in [6, 6.07) is 2.61. The van der Waals surface area contributed by atoms with Crippen LogP contribution in [-0.2, 0) is 4.79 Å². The third-order valence-electron chi connectivity index (χ3n) is 3.19. The van der Waals surface area contributed by atoms with E-state index in [1.165, 1.54) is 12.1 Å². The molecular weight excluding hydrogens is 284 g/mol. The van der Waals surface area contributed by atoms with Crippen LogP contribution in [-0.4, -0.2) is 27.4 Å². The highest BCUT2D eigenvalue weighted by molar-refractivity contribution is 7.17. The fourth-order valence-corrected chi connectivity index (χ4v) is 2.29. The molecule has 1 atom stereocenters. The number of nitro groups is 1. The summed E-state index contributed by atoms with van der Waals surface area (Å²) in [7, 11) is 0. The zero-order valence-corrected chi connectivity index (χ0v) is 12.2. The molecule has 0 fully saturated rings. The van der Waals surface area contributed by atoms with Crippen molar-refractivity contribution in [2.75, 3.05) is 0 Å². The lowest BCUT2D eigenvalue weighted by atomic mass is 9.85. The van der Waals surface area contributed by atoms with Crippen LogP contribution in [0.25, 0.3) is 0 Å². The summed E-state index contributed by atoms with van der Waals surface area (Å²) in [5.41, 5.74) is -0.915. The van der Waals surface area contributed by atoms with Gasteiger partial charge in [-0.25, -0.2) is 0 Å². The van der Waals surface area contributed by atoms with E-state index < -0.39 is 22.3 Å². The molecule has 110 valence electrons. The van der Waals surface area contributed by atoms with Crippen LogP contribution < -0.4 is 5.32 Å². The first-order valence-electron chi connectivity index (χ1n) is 5.94. The molecule has 1 amide bonds. The molecule has 1 aromatic rings. The predicted molar refractivity (Wildman–Crippen MR) is 73.9 cm³/mol. The maximum Gasteiger partial charge on any atom is 0.324 e. The van der Waals surface area contributed by atoms with Crippen molar-refractivity contribution in [1.29, 1.82) is 0 Å². The smallest absolute Gasteiger partial charge is 0.324 e. The van der Waals surface area contributed by atoms with Gasteiger partial charge < -0.3 is 10.4 Å². The maximum absolute atomic E-state index is 12.1. The number of nitrogens with zero attached hydrogens (tertiary/aromatic N) is 1. The minimum absolute atomic E-state index is 0.0995. The number of nitrogens with one attached hydrogen (secondary N) is 1. The molecule has 0 saturated carbocycles. The van der Waals surface area contributed by atoms with Gasteiger partial charge in [-0.15, -0.1) is 0 Å². The zero-order valence-electron chi connectivity index (χ0n) is 11.4. The first-order valence-corrected chi connectivity index (χ1v) is 6.76. The summed E-state index contributed by atoms with van der Waals surface area (Å²) in [6.45, 7) is 5.26. The second-order valence-electron chi connectivity index (χ2n) is 4.99. The molecule has 20 heavy (non-hydrogen) atoms. The van der Waals surface area contributed by atoms with Crippen LogP contribution in [0.1, 0.15) is 36.9 Å². The number of carbonyl (C=O) groups is 2. The summed E-state index contributed by atoms with van der Waals surface area (Å²) >= 11 is 0.762. The average Bonchev–Trinajstić information content (AvgIpc) is 2.76. The monoisotopic (exact) mass is 300 g/mol. The van der Waals surface area contributed by atoms with Crippen molar-refractivity contribution in [2.45, 2.75) is 32.7 Å². The van der Waals surface area contributed by atoms with E-state index in [9.17, 15) is 19.7 Å². The molecule has 1 unspecified atom stereocenters. The number of carbonyl (C=O) groups excluding carboxylic acids is 1. The van der Waals surface area contributed by atoms with Crippen LogP contribution in [0.5, 0.6) is 0 Å². The van der Waals surface area contributed by atoms with E-state index in [1.807, 2.05) is 0 Å². The molecule has 0 saturated heterocycles. The number of carboxylic acids is 1. The molecule has 1 aromatic heterocycles. The molecule has 8 heteroatoms. The van der Waals surface area contributed by atoms with Gasteiger partial charge in [0.1, 0.15) is 0 Å². The Morgan fingerprint density at radius 3 is 2.50 bits per heavy atom. The van der Waals surface area contributed by atoms with Gasteiger partial charge in [-0.2, -0.15) is 0 Å². The molecule has 0 bridgehead atoms. The van der Waals surface area contributed by atoms with Gasteiger partial charge in [0.05, 0.1) is 21.8 Å². The van der Waals surface area contributed by atoms with Crippen molar-refractivity contribution in [3.05, 3.63) is 27.1 Å². The Labute approximate surface area is 119 Å². The summed E-state index contributed by atoms with van der Waals surface area (Å²) in [6.07, 6.45) is -0.218. The first kappa shape index (κ1) is 16.1. The molecule has 0 aromatic carbocycles. The third-order valence-corrected chi connectivity index (χ3v) is 4.22. The van der Waals surface area contributed by atoms with E-state index in [2.05, 4.69) is 5.32 Å². The lowest BCUT2D eigenvalue weighted by molar-refractivity contribution is -0.380. The number of thiophene rings is 1. The van der Waals surface area contributed by atoms with Crippen molar-refractivity contribution in [3.63, 3.8) is 0 Å². The fourth-order valence-electron chi connectivity index (χ4n) is 1.58. The minimum atomic E-state index is -1.02. The van der Waals surface area contributed by atoms with Gasteiger partial charge in [0, 0.05) is 6.07 Å². The van der Waals surface area contributed by atoms with E-state index in [4.69, 9.17) is 5.11 Å². The summed E-state index contributed by atoms with van der Waals surface area (Å²) in [5, 5.41) is 22.0. The summed E-state index contributed by atoms with van der Waals surface area (Å²) in [4.78, 5) is 33.2. The number of rotatable bonds is 6. The molecule has 2 N–H and O–H groups in total. The van der Waals surface area contributed by atoms with Gasteiger partial charge in [-0.1, -0.05) is 25.2 Å². The number of amides is 1. The Hall–Kier alpha value is -1.96. The van der Waals surface area contributed by atoms with Gasteiger partial charge in [-0.3, -0.25) is 19.7 Å². The van der Waals surface area contributed by atoms with E-state index >= 15 is 0 Å². The predicted octanol–water partition coefficient (Wildman–Crippen LogP) is 2.28. The second-order valence-corrected chi connectivity index (χ2v) is 6.05. The van der Waals surface area contributed by atoms with Crippen LogP contribution in [0.2, 0.25) is 0 Å². The van der Waals surface area contributed by atoms with Gasteiger partial charge >= 0.3 is 11.0 Å². The van der Waals surface area contributed by atoms with Gasteiger partial charge in [0.2, 0.25) is 0 Å². The Bertz CT molecular complexity index is 540. The summed E-state index contributed by atoms with van der Waals surface area (Å²) in [5.74, 6) is -1.61. The Kier molecular flexibility index (Phi) is 4.83. The number of hydrogen-bond acceptors (Lipinski definition) is 5. The van der Waals surface area contributed by atoms with Crippen LogP contribution in [0, 0.1) is 16.0 Å². The van der Waals surface area contributed by atoms with Crippen LogP contribution in [0.4, 0.5) is 5.00 Å². The number of hydrogen-bond donors (Lipinski definition) is 2. The molecule has 0 aliphatic carbocycles. The molecule has 1 heterocycles. The maximum atomic E-state index is 12.1. The Morgan fingerprint density at radius 2 is 2.10 bits per heavy atom. The average molecular weight is 300 g/mol. The van der Waals surface area contributed by atoms with E-state index in [0.717, 1.165) is 11.3 Å². The van der Waals surface area contributed by atoms with Gasteiger partial charge in [-0.05, 0) is 18.9 Å². The SMILES string of the molecule is CC(C)C(C)(CC(=O)O)NC(=O)c1ccc([N+](=O)[O-])s1. The Morgan fingerprint density at radius 1 is 1.50 bits per heavy atom. The molecule has 0 spiro atoms. The van der Waals surface area contributed by atoms with Crippen LogP contribution in [0.3, 0.4) is 0 Å². The number of aliphatic carboxylic acids is 1. The molecule has 1 rings (SSSR count). The van der Waals surface area contributed by atoms with Crippen molar-refractivity contribution in [2.24, 2.45) is 5.92 Å². The summed E-state index contributed by atoms with van der Waals surface area (Å²) < 4.78 is 0. The van der Waals surface area contributed by atoms with E-state index in [0.29, 0.717) is 0 Å². The minimum Gasteiger partial charge on any atom is -0.481 e. The van der Waals surface area contributed by atoms with E-state index in [-0.39, 0.29) is 22.2 Å². The molecule has 0 aliphatic rings. The fraction of sp³-hybridized carbons (Fsp3) is 0.500. The van der Waals surface area contributed by atoms with Crippen molar-refractivity contribution in [1.82, 2.24) is 5.32 Å². The number of carboxylic acid groups (broad SMARTS) is 1. The highest BCUT2D eigenvalue weighted by Crippen LogP contribution is 2.26. The van der Waals surface area contributed by atoms with Crippen molar-refractivity contribution >= 4 is 28.2 Å². The molecule has 0 radical (unpaired) electrons. The highest BCUT2D eigenvalue weighted by atomic mass is 32.1. The topological polar surface area (TPSA) is 110 Å². The van der Waals surface area contributed by atoms with Gasteiger partial charge in [0.15, 0.2) is 0 Å². The standard InChI is InChI=1S/C12H16N2O5S/c1-7(2)12(3,6-10(15)16)13-11(17)8-4-5-9(20-8)14(18)19/h4-5,7H,6H2,1-3H3,(H,13,17)(H,15,16). The highest BCUT2D eigenvalue weighted by Gasteiger charge is 2.33. The lowest BCUT2D eigenvalue weighted by Gasteiger charge is -2.33. The quantitative estimate of drug-likeness (QED) is 0.618. The van der Waals surface area contributed by atoms with Crippen LogP contribution >= 0.6 is 11.3 Å². The van der Waals surface area contributed by atoms with Crippen molar-refractivity contribution in [3.8, 4) is 0 Å². The lowest BCUT2D eigenvalue weighted by Crippen LogP contribution is -2.51. The van der Waals surface area contributed by atoms with Gasteiger partial charge in [0.25, 0.3) is 5.91 Å². The molecule has 0 aliphatic heterocycles. The first-order chi connectivity index (χ1) is 9.15. The zero-order chi connectivity index (χ0) is 15.5. The second kappa shape index (κ2) is 6.00. The third kappa shape index (κ3) is 3.77. The molecule has 7 nitrogen and oxygen atoms in total.